The normalized spacial score (nSPS) is 25.3. The highest BCUT2D eigenvalue weighted by Crippen LogP contribution is 2.32. The van der Waals surface area contributed by atoms with E-state index in [9.17, 15) is 8.42 Å². The van der Waals surface area contributed by atoms with E-state index in [0.717, 1.165) is 50.4 Å². The van der Waals surface area contributed by atoms with E-state index in [2.05, 4.69) is 35.4 Å². The number of ether oxygens (including phenoxy) is 1. The maximum atomic E-state index is 13.9. The van der Waals surface area contributed by atoms with E-state index in [-0.39, 0.29) is 12.0 Å². The monoisotopic (exact) mass is 537 g/mol. The predicted molar refractivity (Wildman–Crippen MR) is 152 cm³/mol. The summed E-state index contributed by atoms with van der Waals surface area (Å²) in [6.07, 6.45) is 5.38. The summed E-state index contributed by atoms with van der Waals surface area (Å²) in [6, 6.07) is 17.7. The molecule has 3 fully saturated rings. The van der Waals surface area contributed by atoms with Gasteiger partial charge in [0.1, 0.15) is 6.61 Å². The van der Waals surface area contributed by atoms with Gasteiger partial charge in [-0.2, -0.15) is 4.31 Å². The first-order valence-corrected chi connectivity index (χ1v) is 15.7. The van der Waals surface area contributed by atoms with E-state index in [1.807, 2.05) is 37.3 Å². The number of hydrogen-bond donors (Lipinski definition) is 0. The second-order valence-electron chi connectivity index (χ2n) is 11.6. The topological polar surface area (TPSA) is 53.1 Å². The molecule has 2 aliphatic heterocycles. The molecule has 1 unspecified atom stereocenters. The number of benzene rings is 2. The molecule has 1 aliphatic carbocycles. The molecule has 1 saturated carbocycles. The molecule has 0 spiro atoms. The Hall–Kier alpha value is -2.35. The standard InChI is InChI=1S/C31H43N3O3S/c1-24-9-15-31(16-10-24)38(35,36)34-22-29(19-27-7-5-4-6-8-27)13-14-30(34)23-37-26(3)33-18-17-32(20-25(33)2)21-28-11-12-28/h4-10,15-16,25,28-30H,3,11-14,17-23H2,1-2H3/t25?,29-,30+/m0/s1. The van der Waals surface area contributed by atoms with Crippen LogP contribution in [0.1, 0.15) is 43.7 Å². The molecule has 3 aliphatic rings. The molecule has 206 valence electrons. The Morgan fingerprint density at radius 3 is 2.34 bits per heavy atom. The van der Waals surface area contributed by atoms with Crippen LogP contribution in [0.15, 0.2) is 72.0 Å². The van der Waals surface area contributed by atoms with Crippen LogP contribution < -0.4 is 0 Å². The highest BCUT2D eigenvalue weighted by Gasteiger charge is 2.38. The van der Waals surface area contributed by atoms with Crippen molar-refractivity contribution >= 4 is 10.0 Å². The lowest BCUT2D eigenvalue weighted by Crippen LogP contribution is -2.52. The smallest absolute Gasteiger partial charge is 0.243 e. The van der Waals surface area contributed by atoms with Gasteiger partial charge in [0.25, 0.3) is 0 Å². The molecule has 0 N–H and O–H groups in total. The third kappa shape index (κ3) is 6.61. The molecule has 0 aromatic heterocycles. The van der Waals surface area contributed by atoms with Crippen molar-refractivity contribution in [2.45, 2.75) is 62.9 Å². The zero-order valence-corrected chi connectivity index (χ0v) is 23.8. The van der Waals surface area contributed by atoms with Crippen LogP contribution >= 0.6 is 0 Å². The van der Waals surface area contributed by atoms with Crippen LogP contribution in [-0.2, 0) is 21.2 Å². The van der Waals surface area contributed by atoms with Crippen LogP contribution in [0.4, 0.5) is 0 Å². The van der Waals surface area contributed by atoms with Crippen molar-refractivity contribution in [1.82, 2.24) is 14.1 Å². The second-order valence-corrected chi connectivity index (χ2v) is 13.5. The van der Waals surface area contributed by atoms with Crippen molar-refractivity contribution in [2.24, 2.45) is 11.8 Å². The van der Waals surface area contributed by atoms with Crippen molar-refractivity contribution in [3.05, 3.63) is 78.2 Å². The van der Waals surface area contributed by atoms with Crippen molar-refractivity contribution in [3.8, 4) is 0 Å². The SMILES string of the molecule is C=C(OC[C@H]1CC[C@@H](Cc2ccccc2)CN1S(=O)(=O)c1ccc(C)cc1)N1CCN(CC2CC2)CC1C. The molecule has 38 heavy (non-hydrogen) atoms. The molecule has 3 atom stereocenters. The second kappa shape index (κ2) is 11.8. The lowest BCUT2D eigenvalue weighted by Gasteiger charge is -2.43. The maximum Gasteiger partial charge on any atom is 0.243 e. The predicted octanol–water partition coefficient (Wildman–Crippen LogP) is 4.91. The van der Waals surface area contributed by atoms with Crippen molar-refractivity contribution in [2.75, 3.05) is 39.3 Å². The molecule has 2 aromatic carbocycles. The number of sulfonamides is 1. The first-order chi connectivity index (χ1) is 18.3. The van der Waals surface area contributed by atoms with Crippen molar-refractivity contribution in [3.63, 3.8) is 0 Å². The maximum absolute atomic E-state index is 13.9. The van der Waals surface area contributed by atoms with E-state index < -0.39 is 10.0 Å². The highest BCUT2D eigenvalue weighted by atomic mass is 32.2. The number of aryl methyl sites for hydroxylation is 1. The van der Waals surface area contributed by atoms with Gasteiger partial charge in [-0.15, -0.1) is 0 Å². The number of rotatable bonds is 10. The van der Waals surface area contributed by atoms with Gasteiger partial charge in [-0.25, -0.2) is 8.42 Å². The minimum atomic E-state index is -3.65. The summed E-state index contributed by atoms with van der Waals surface area (Å²) in [5.74, 6) is 1.84. The molecular weight excluding hydrogens is 494 g/mol. The van der Waals surface area contributed by atoms with E-state index >= 15 is 0 Å². The van der Waals surface area contributed by atoms with Crippen LogP contribution in [0.2, 0.25) is 0 Å². The number of nitrogens with zero attached hydrogens (tertiary/aromatic N) is 3. The summed E-state index contributed by atoms with van der Waals surface area (Å²) in [7, 11) is -3.65. The molecular formula is C31H43N3O3S. The van der Waals surface area contributed by atoms with E-state index in [0.29, 0.717) is 30.0 Å². The average molecular weight is 538 g/mol. The molecule has 6 nitrogen and oxygen atoms in total. The summed E-state index contributed by atoms with van der Waals surface area (Å²) >= 11 is 0. The average Bonchev–Trinajstić information content (AvgIpc) is 3.72. The molecule has 2 aromatic rings. The van der Waals surface area contributed by atoms with Gasteiger partial charge in [0.05, 0.1) is 10.9 Å². The van der Waals surface area contributed by atoms with E-state index in [4.69, 9.17) is 4.74 Å². The van der Waals surface area contributed by atoms with Gasteiger partial charge in [-0.3, -0.25) is 4.90 Å². The first kappa shape index (κ1) is 27.2. The summed E-state index contributed by atoms with van der Waals surface area (Å²) in [4.78, 5) is 5.17. The fourth-order valence-electron chi connectivity index (χ4n) is 6.00. The Balaban J connectivity index is 1.25. The summed E-state index contributed by atoms with van der Waals surface area (Å²) < 4.78 is 35.7. The van der Waals surface area contributed by atoms with Gasteiger partial charge in [0.15, 0.2) is 5.88 Å². The van der Waals surface area contributed by atoms with Crippen LogP contribution in [-0.4, -0.2) is 73.9 Å². The Labute approximate surface area is 229 Å². The summed E-state index contributed by atoms with van der Waals surface area (Å²) in [5, 5.41) is 0. The van der Waals surface area contributed by atoms with Gasteiger partial charge in [-0.05, 0) is 82.1 Å². The number of piperazine rings is 1. The van der Waals surface area contributed by atoms with Crippen molar-refractivity contribution < 1.29 is 13.2 Å². The molecule has 2 heterocycles. The lowest BCUT2D eigenvalue weighted by molar-refractivity contribution is 0.0183. The molecule has 7 heteroatoms. The summed E-state index contributed by atoms with van der Waals surface area (Å²) in [6.45, 7) is 13.5. The summed E-state index contributed by atoms with van der Waals surface area (Å²) in [5.41, 5.74) is 2.30. The minimum Gasteiger partial charge on any atom is -0.478 e. The number of hydrogen-bond acceptors (Lipinski definition) is 5. The third-order valence-corrected chi connectivity index (χ3v) is 10.4. The molecule has 0 radical (unpaired) electrons. The molecule has 5 rings (SSSR count). The fraction of sp³-hybridized carbons (Fsp3) is 0.548. The van der Waals surface area contributed by atoms with Crippen LogP contribution in [0, 0.1) is 18.8 Å². The molecule has 0 bridgehead atoms. The minimum absolute atomic E-state index is 0.212. The lowest BCUT2D eigenvalue weighted by atomic mass is 9.89. The zero-order valence-electron chi connectivity index (χ0n) is 23.0. The Morgan fingerprint density at radius 2 is 1.66 bits per heavy atom. The molecule has 2 saturated heterocycles. The van der Waals surface area contributed by atoms with E-state index in [1.165, 1.54) is 24.9 Å². The zero-order chi connectivity index (χ0) is 26.7. The van der Waals surface area contributed by atoms with Crippen LogP contribution in [0.3, 0.4) is 0 Å². The van der Waals surface area contributed by atoms with Crippen LogP contribution in [0.25, 0.3) is 0 Å². The largest absolute Gasteiger partial charge is 0.478 e. The molecule has 0 amide bonds. The first-order valence-electron chi connectivity index (χ1n) is 14.2. The fourth-order valence-corrected chi connectivity index (χ4v) is 7.71. The quantitative estimate of drug-likeness (QED) is 0.403. The Morgan fingerprint density at radius 1 is 0.947 bits per heavy atom. The van der Waals surface area contributed by atoms with Crippen LogP contribution in [0.5, 0.6) is 0 Å². The van der Waals surface area contributed by atoms with Gasteiger partial charge in [0, 0.05) is 38.8 Å². The Bertz CT molecular complexity index is 1180. The highest BCUT2D eigenvalue weighted by molar-refractivity contribution is 7.89. The van der Waals surface area contributed by atoms with Gasteiger partial charge >= 0.3 is 0 Å². The van der Waals surface area contributed by atoms with Crippen molar-refractivity contribution in [1.29, 1.82) is 0 Å². The van der Waals surface area contributed by atoms with Gasteiger partial charge < -0.3 is 9.64 Å². The van der Waals surface area contributed by atoms with Gasteiger partial charge in [-0.1, -0.05) is 48.0 Å². The van der Waals surface area contributed by atoms with E-state index in [1.54, 1.807) is 16.4 Å². The third-order valence-electron chi connectivity index (χ3n) is 8.44. The number of piperidine rings is 1. The van der Waals surface area contributed by atoms with Gasteiger partial charge in [0.2, 0.25) is 10.0 Å². The Kier molecular flexibility index (Phi) is 8.46.